The molecule has 0 aromatic heterocycles. The number of carbonyl (C=O) groups excluding carboxylic acids is 2. The zero-order valence-electron chi connectivity index (χ0n) is 19.2. The maximum atomic E-state index is 12.3. The Hall–Kier alpha value is -3.21. The number of benzene rings is 2. The first-order valence-corrected chi connectivity index (χ1v) is 11.4. The Kier molecular flexibility index (Phi) is 7.30. The van der Waals surface area contributed by atoms with Crippen LogP contribution in [-0.2, 0) is 14.2 Å². The summed E-state index contributed by atoms with van der Waals surface area (Å²) in [5.41, 5.74) is 3.08. The third kappa shape index (κ3) is 5.64. The van der Waals surface area contributed by atoms with Gasteiger partial charge in [0.25, 0.3) is 0 Å². The van der Waals surface area contributed by atoms with E-state index in [0.717, 1.165) is 11.4 Å². The van der Waals surface area contributed by atoms with Crippen LogP contribution in [0.5, 0.6) is 0 Å². The fourth-order valence-electron chi connectivity index (χ4n) is 3.94. The molecule has 180 valence electrons. The normalized spacial score (nSPS) is 23.0. The van der Waals surface area contributed by atoms with E-state index in [1.165, 1.54) is 6.92 Å². The van der Waals surface area contributed by atoms with Gasteiger partial charge in [-0.2, -0.15) is 0 Å². The molecule has 10 heteroatoms. The molecule has 2 saturated heterocycles. The molecular weight excluding hydrogens is 456 g/mol. The summed E-state index contributed by atoms with van der Waals surface area (Å²) < 4.78 is 17.3. The number of hydrogen-bond acceptors (Lipinski definition) is 7. The molecule has 2 aromatic rings. The lowest BCUT2D eigenvalue weighted by atomic mass is 10.1. The lowest BCUT2D eigenvalue weighted by Gasteiger charge is -2.20. The maximum Gasteiger partial charge on any atom is 0.412 e. The second kappa shape index (κ2) is 10.4. The predicted molar refractivity (Wildman–Crippen MR) is 134 cm³/mol. The van der Waals surface area contributed by atoms with Crippen LogP contribution in [0.3, 0.4) is 0 Å². The van der Waals surface area contributed by atoms with E-state index >= 15 is 0 Å². The summed E-state index contributed by atoms with van der Waals surface area (Å²) >= 11 is 5.45. The predicted octanol–water partition coefficient (Wildman–Crippen LogP) is 3.03. The van der Waals surface area contributed by atoms with Crippen LogP contribution in [0.4, 0.5) is 21.9 Å². The Balaban J connectivity index is 1.26. The van der Waals surface area contributed by atoms with Crippen LogP contribution in [0.2, 0.25) is 0 Å². The molecule has 0 saturated carbocycles. The number of anilines is 3. The van der Waals surface area contributed by atoms with Gasteiger partial charge >= 0.3 is 6.09 Å². The first-order chi connectivity index (χ1) is 16.3. The van der Waals surface area contributed by atoms with Gasteiger partial charge in [-0.15, -0.1) is 0 Å². The molecule has 2 aliphatic rings. The molecule has 3 N–H and O–H groups in total. The van der Waals surface area contributed by atoms with E-state index in [1.807, 2.05) is 43.3 Å². The van der Waals surface area contributed by atoms with Gasteiger partial charge in [0.1, 0.15) is 12.2 Å². The Morgan fingerprint density at radius 1 is 0.941 bits per heavy atom. The third-order valence-corrected chi connectivity index (χ3v) is 5.98. The number of nitrogens with one attached hydrogen (secondary N) is 3. The van der Waals surface area contributed by atoms with Crippen molar-refractivity contribution in [2.24, 2.45) is 0 Å². The van der Waals surface area contributed by atoms with Crippen LogP contribution in [0.15, 0.2) is 48.5 Å². The lowest BCUT2D eigenvalue weighted by molar-refractivity contribution is 0.00880. The number of ether oxygens (including phenoxy) is 3. The Bertz CT molecular complexity index is 1040. The van der Waals surface area contributed by atoms with E-state index in [1.54, 1.807) is 24.3 Å². The van der Waals surface area contributed by atoms with E-state index < -0.39 is 12.2 Å². The molecule has 0 unspecified atom stereocenters. The summed E-state index contributed by atoms with van der Waals surface area (Å²) in [7, 11) is 3.97. The van der Waals surface area contributed by atoms with Crippen LogP contribution in [0, 0.1) is 0 Å². The molecule has 4 atom stereocenters. The molecule has 2 aliphatic heterocycles. The number of hydrogen-bond donors (Lipinski definition) is 3. The number of carbonyl (C=O) groups is 2. The van der Waals surface area contributed by atoms with E-state index in [-0.39, 0.29) is 30.6 Å². The highest BCUT2D eigenvalue weighted by Gasteiger charge is 2.49. The zero-order valence-corrected chi connectivity index (χ0v) is 20.1. The summed E-state index contributed by atoms with van der Waals surface area (Å²) in [6.07, 6.45) is -1.81. The number of fused-ring (bicyclic) bond motifs is 1. The molecule has 34 heavy (non-hydrogen) atoms. The quantitative estimate of drug-likeness (QED) is 0.422. The fourth-order valence-corrected chi connectivity index (χ4v) is 4.21. The molecular formula is C24H28N4O5S. The second-order valence-corrected chi connectivity index (χ2v) is 8.85. The number of thiocarbonyl (C=S) groups is 1. The minimum absolute atomic E-state index is 0.0401. The first kappa shape index (κ1) is 23.9. The van der Waals surface area contributed by atoms with Crippen molar-refractivity contribution in [3.8, 4) is 0 Å². The molecule has 0 radical (unpaired) electrons. The number of amides is 1. The van der Waals surface area contributed by atoms with Gasteiger partial charge in [0, 0.05) is 36.7 Å². The number of Topliss-reactive ketones (excluding diaryl/α,β-unsaturated/α-hetero) is 1. The topological polar surface area (TPSA) is 101 Å². The lowest BCUT2D eigenvalue weighted by Crippen LogP contribution is -2.46. The number of rotatable bonds is 6. The molecule has 0 spiro atoms. The smallest absolute Gasteiger partial charge is 0.412 e. The van der Waals surface area contributed by atoms with Crippen LogP contribution in [0.25, 0.3) is 0 Å². The van der Waals surface area contributed by atoms with Gasteiger partial charge in [0.15, 0.2) is 17.0 Å². The molecule has 4 rings (SSSR count). The van der Waals surface area contributed by atoms with E-state index in [4.69, 9.17) is 26.4 Å². The average molecular weight is 485 g/mol. The molecule has 2 aromatic carbocycles. The van der Waals surface area contributed by atoms with E-state index in [9.17, 15) is 9.59 Å². The first-order valence-electron chi connectivity index (χ1n) is 11.0. The summed E-state index contributed by atoms with van der Waals surface area (Å²) in [6.45, 7) is 2.10. The van der Waals surface area contributed by atoms with Gasteiger partial charge in [-0.1, -0.05) is 0 Å². The summed E-state index contributed by atoms with van der Waals surface area (Å²) in [5, 5.41) is 9.54. The standard InChI is InChI=1S/C24H28N4O5S/c1-14(29)15-4-6-17(7-5-15)26-24(30)33-20-13-32-21-19(12-31-22(20)21)27-23(34)25-16-8-10-18(11-9-16)28(2)3/h4-11,19-22H,12-13H2,1-3H3,(H,26,30)(H2,25,27,34)/t19-,20+,21+,22+/m0/s1. The number of nitrogens with zero attached hydrogens (tertiary/aromatic N) is 1. The van der Waals surface area contributed by atoms with Crippen LogP contribution < -0.4 is 20.9 Å². The van der Waals surface area contributed by atoms with Gasteiger partial charge in [-0.25, -0.2) is 4.79 Å². The molecule has 2 fully saturated rings. The van der Waals surface area contributed by atoms with Crippen LogP contribution in [0.1, 0.15) is 17.3 Å². The van der Waals surface area contributed by atoms with Crippen molar-refractivity contribution in [2.75, 3.05) is 42.8 Å². The molecule has 9 nitrogen and oxygen atoms in total. The van der Waals surface area contributed by atoms with Crippen molar-refractivity contribution < 1.29 is 23.8 Å². The van der Waals surface area contributed by atoms with Crippen LogP contribution in [-0.4, -0.2) is 68.7 Å². The highest BCUT2D eigenvalue weighted by molar-refractivity contribution is 7.80. The van der Waals surface area contributed by atoms with Gasteiger partial charge < -0.3 is 29.7 Å². The van der Waals surface area contributed by atoms with Gasteiger partial charge in [0.05, 0.1) is 19.3 Å². The van der Waals surface area contributed by atoms with Gasteiger partial charge in [0.2, 0.25) is 0 Å². The highest BCUT2D eigenvalue weighted by Crippen LogP contribution is 2.29. The minimum Gasteiger partial charge on any atom is -0.441 e. The second-order valence-electron chi connectivity index (χ2n) is 8.44. The minimum atomic E-state index is -0.608. The SMILES string of the molecule is CC(=O)c1ccc(NC(=O)O[C@@H]2CO[C@H]3[C@@H]2OC[C@@H]3NC(=S)Nc2ccc(N(C)C)cc2)cc1. The largest absolute Gasteiger partial charge is 0.441 e. The monoisotopic (exact) mass is 484 g/mol. The maximum absolute atomic E-state index is 12.3. The van der Waals surface area contributed by atoms with Crippen molar-refractivity contribution in [1.29, 1.82) is 0 Å². The van der Waals surface area contributed by atoms with Crippen molar-refractivity contribution in [2.45, 2.75) is 31.3 Å². The molecule has 0 bridgehead atoms. The Labute approximate surface area is 203 Å². The number of ketones is 1. The zero-order chi connectivity index (χ0) is 24.2. The van der Waals surface area contributed by atoms with Crippen LogP contribution >= 0.6 is 12.2 Å². The van der Waals surface area contributed by atoms with Crippen molar-refractivity contribution in [3.05, 3.63) is 54.1 Å². The highest BCUT2D eigenvalue weighted by atomic mass is 32.1. The molecule has 2 heterocycles. The van der Waals surface area contributed by atoms with Gasteiger partial charge in [-0.3, -0.25) is 10.1 Å². The average Bonchev–Trinajstić information content (AvgIpc) is 3.38. The van der Waals surface area contributed by atoms with E-state index in [0.29, 0.717) is 23.0 Å². The van der Waals surface area contributed by atoms with Crippen molar-refractivity contribution in [3.63, 3.8) is 0 Å². The summed E-state index contributed by atoms with van der Waals surface area (Å²) in [6, 6.07) is 14.4. The summed E-state index contributed by atoms with van der Waals surface area (Å²) in [4.78, 5) is 25.7. The Morgan fingerprint density at radius 3 is 2.21 bits per heavy atom. The van der Waals surface area contributed by atoms with Crippen molar-refractivity contribution in [1.82, 2.24) is 5.32 Å². The molecule has 0 aliphatic carbocycles. The van der Waals surface area contributed by atoms with Gasteiger partial charge in [-0.05, 0) is 67.7 Å². The third-order valence-electron chi connectivity index (χ3n) is 5.76. The summed E-state index contributed by atoms with van der Waals surface area (Å²) in [5.74, 6) is -0.0401. The van der Waals surface area contributed by atoms with Crippen molar-refractivity contribution >= 4 is 46.3 Å². The Morgan fingerprint density at radius 2 is 1.56 bits per heavy atom. The van der Waals surface area contributed by atoms with E-state index in [2.05, 4.69) is 16.0 Å². The molecule has 1 amide bonds. The fraction of sp³-hybridized carbons (Fsp3) is 0.375.